The Labute approximate surface area is 246 Å². The van der Waals surface area contributed by atoms with Crippen molar-refractivity contribution in [3.8, 4) is 5.75 Å². The smallest absolute Gasteiger partial charge is 0.254 e. The molecule has 0 bridgehead atoms. The highest BCUT2D eigenvalue weighted by molar-refractivity contribution is 7.75. The molecule has 0 spiro atoms. The van der Waals surface area contributed by atoms with Gasteiger partial charge in [-0.25, -0.2) is 0 Å². The fourth-order valence-electron chi connectivity index (χ4n) is 5.58. The zero-order valence-electron chi connectivity index (χ0n) is 23.9. The molecule has 0 aromatic heterocycles. The minimum Gasteiger partial charge on any atom is -0.491 e. The number of fused-ring (bicyclic) bond motifs is 2. The Bertz CT molecular complexity index is 1280. The number of carbonyl (C=O) groups excluding carboxylic acids is 1. The monoisotopic (exact) mass is 585 g/mol. The molecule has 218 valence electrons. The van der Waals surface area contributed by atoms with E-state index in [0.717, 1.165) is 61.5 Å². The number of anilines is 1. The minimum atomic E-state index is -1.56. The number of carbonyl (C=O) groups is 1. The van der Waals surface area contributed by atoms with Crippen LogP contribution >= 0.6 is 11.6 Å². The molecule has 0 unspecified atom stereocenters. The van der Waals surface area contributed by atoms with Gasteiger partial charge in [0.05, 0.1) is 18.4 Å². The zero-order valence-corrected chi connectivity index (χ0v) is 25.5. The van der Waals surface area contributed by atoms with Crippen LogP contribution in [0.3, 0.4) is 0 Å². The Hall–Kier alpha value is -2.35. The number of aryl methyl sites for hydroxylation is 1. The predicted octanol–water partition coefficient (Wildman–Crippen LogP) is 7.62. The molecular formula is C32H42ClN2O4S-. The number of nitrogens with zero attached hydrogens (tertiary/aromatic N) is 2. The standard InChI is InChI=1S/C32H42ClN2O4S/c1-5-22(3)21-40(37)34-32(36)24-12-15-31-29(18-24)35(20-26-11-14-28(26)30(6-2)38-4)19-25-10-13-27(33)17-23(25)9-7-8-16-39-31/h6,10,12-13,15,17-18,22,26,28,30H,2,5,7-9,11,14,16,19-21H2,1,3-4H3/q-1/t22-,26-,28+,30-/m0/s1. The summed E-state index contributed by atoms with van der Waals surface area (Å²) in [6, 6.07) is 11.6. The van der Waals surface area contributed by atoms with Crippen molar-refractivity contribution in [1.29, 1.82) is 0 Å². The van der Waals surface area contributed by atoms with E-state index in [1.165, 1.54) is 11.1 Å². The van der Waals surface area contributed by atoms with Crippen molar-refractivity contribution in [3.05, 3.63) is 70.8 Å². The van der Waals surface area contributed by atoms with Crippen LogP contribution in [-0.2, 0) is 32.5 Å². The van der Waals surface area contributed by atoms with E-state index in [1.54, 1.807) is 13.2 Å². The molecule has 1 saturated carbocycles. The van der Waals surface area contributed by atoms with Gasteiger partial charge < -0.3 is 22.9 Å². The van der Waals surface area contributed by atoms with E-state index in [4.69, 9.17) is 21.1 Å². The third-order valence-corrected chi connectivity index (χ3v) is 9.80. The molecule has 1 amide bonds. The normalized spacial score (nSPS) is 21.6. The second kappa shape index (κ2) is 14.5. The first kappa shape index (κ1) is 30.6. The van der Waals surface area contributed by atoms with Gasteiger partial charge in [0.25, 0.3) is 5.91 Å². The predicted molar refractivity (Wildman–Crippen MR) is 164 cm³/mol. The van der Waals surface area contributed by atoms with Gasteiger partial charge in [-0.3, -0.25) is 4.79 Å². The highest BCUT2D eigenvalue weighted by Crippen LogP contribution is 2.41. The number of ether oxygens (including phenoxy) is 2. The van der Waals surface area contributed by atoms with Crippen molar-refractivity contribution in [2.24, 2.45) is 22.1 Å². The average molecular weight is 586 g/mol. The van der Waals surface area contributed by atoms with Gasteiger partial charge in [0.2, 0.25) is 0 Å². The van der Waals surface area contributed by atoms with Gasteiger partial charge in [-0.1, -0.05) is 55.7 Å². The highest BCUT2D eigenvalue weighted by atomic mass is 35.5. The molecule has 2 aromatic carbocycles. The molecule has 1 heterocycles. The second-order valence-electron chi connectivity index (χ2n) is 11.1. The van der Waals surface area contributed by atoms with E-state index in [9.17, 15) is 9.00 Å². The molecule has 40 heavy (non-hydrogen) atoms. The SMILES string of the molecule is C=C[C@H](OC)[C@@H]1CC[C@H]1CN1Cc2ccc(Cl)cc2CCCCOc2ccc(C(=O)N=[S-](=O)C[C@@H](C)CC)cc21. The van der Waals surface area contributed by atoms with E-state index in [0.29, 0.717) is 36.3 Å². The van der Waals surface area contributed by atoms with Crippen molar-refractivity contribution in [2.75, 3.05) is 30.9 Å². The van der Waals surface area contributed by atoms with Crippen molar-refractivity contribution in [2.45, 2.75) is 65.0 Å². The Morgan fingerprint density at radius 2 is 2.08 bits per heavy atom. The van der Waals surface area contributed by atoms with Gasteiger partial charge in [-0.05, 0) is 85.4 Å². The first-order valence-electron chi connectivity index (χ1n) is 14.4. The van der Waals surface area contributed by atoms with Crippen LogP contribution in [0.5, 0.6) is 5.75 Å². The summed E-state index contributed by atoms with van der Waals surface area (Å²) in [5.74, 6) is 1.70. The molecule has 0 radical (unpaired) electrons. The lowest BCUT2D eigenvalue weighted by atomic mass is 9.70. The molecule has 2 aliphatic rings. The molecule has 1 aliphatic carbocycles. The highest BCUT2D eigenvalue weighted by Gasteiger charge is 2.37. The maximum atomic E-state index is 13.1. The maximum Gasteiger partial charge on any atom is 0.254 e. The third-order valence-electron chi connectivity index (χ3n) is 8.34. The lowest BCUT2D eigenvalue weighted by Crippen LogP contribution is -2.43. The summed E-state index contributed by atoms with van der Waals surface area (Å²) in [5.41, 5.74) is 3.74. The molecule has 0 N–H and O–H groups in total. The number of rotatable bonds is 9. The third kappa shape index (κ3) is 7.68. The molecule has 6 nitrogen and oxygen atoms in total. The number of hydrogen-bond acceptors (Lipinski definition) is 6. The van der Waals surface area contributed by atoms with E-state index >= 15 is 0 Å². The summed E-state index contributed by atoms with van der Waals surface area (Å²) in [5, 5.41) is 0.740. The largest absolute Gasteiger partial charge is 0.491 e. The Morgan fingerprint density at radius 3 is 2.77 bits per heavy atom. The fourth-order valence-corrected chi connectivity index (χ4v) is 6.86. The van der Waals surface area contributed by atoms with Gasteiger partial charge in [-0.2, -0.15) is 10.6 Å². The fraction of sp³-hybridized carbons (Fsp3) is 0.531. The summed E-state index contributed by atoms with van der Waals surface area (Å²) in [6.45, 7) is 10.1. The van der Waals surface area contributed by atoms with Crippen molar-refractivity contribution in [3.63, 3.8) is 0 Å². The van der Waals surface area contributed by atoms with Gasteiger partial charge in [0, 0.05) is 30.8 Å². The van der Waals surface area contributed by atoms with Gasteiger partial charge in [-0.15, -0.1) is 6.58 Å². The summed E-state index contributed by atoms with van der Waals surface area (Å²) >= 11 is 6.40. The summed E-state index contributed by atoms with van der Waals surface area (Å²) < 4.78 is 28.6. The molecule has 0 saturated heterocycles. The molecule has 2 aromatic rings. The van der Waals surface area contributed by atoms with Crippen LogP contribution in [0.15, 0.2) is 53.4 Å². The molecule has 4 rings (SSSR count). The Morgan fingerprint density at radius 1 is 1.25 bits per heavy atom. The lowest BCUT2D eigenvalue weighted by molar-refractivity contribution is 0.0137. The Balaban J connectivity index is 1.73. The molecule has 4 atom stereocenters. The first-order valence-corrected chi connectivity index (χ1v) is 16.1. The minimum absolute atomic E-state index is 0.0108. The van der Waals surface area contributed by atoms with E-state index in [1.807, 2.05) is 38.1 Å². The molecule has 8 heteroatoms. The van der Waals surface area contributed by atoms with Gasteiger partial charge in [0.15, 0.2) is 0 Å². The molecule has 1 fully saturated rings. The van der Waals surface area contributed by atoms with Crippen LogP contribution in [0.4, 0.5) is 5.69 Å². The first-order chi connectivity index (χ1) is 19.3. The number of hydrogen-bond donors (Lipinski definition) is 0. The maximum absolute atomic E-state index is 13.1. The zero-order chi connectivity index (χ0) is 28.6. The van der Waals surface area contributed by atoms with Gasteiger partial charge in [0.1, 0.15) is 5.75 Å². The van der Waals surface area contributed by atoms with Crippen molar-refractivity contribution < 1.29 is 18.5 Å². The Kier molecular flexibility index (Phi) is 11.1. The van der Waals surface area contributed by atoms with Crippen LogP contribution in [0, 0.1) is 17.8 Å². The van der Waals surface area contributed by atoms with Crippen LogP contribution in [0.25, 0.3) is 0 Å². The van der Waals surface area contributed by atoms with Crippen LogP contribution in [0.1, 0.15) is 67.4 Å². The van der Waals surface area contributed by atoms with Gasteiger partial charge >= 0.3 is 0 Å². The van der Waals surface area contributed by atoms with Crippen molar-refractivity contribution >= 4 is 33.8 Å². The topological polar surface area (TPSA) is 68.2 Å². The molecular weight excluding hydrogens is 544 g/mol. The van der Waals surface area contributed by atoms with Crippen LogP contribution in [-0.4, -0.2) is 38.0 Å². The van der Waals surface area contributed by atoms with Crippen LogP contribution in [0.2, 0.25) is 5.02 Å². The number of amides is 1. The van der Waals surface area contributed by atoms with Crippen molar-refractivity contribution in [1.82, 2.24) is 0 Å². The number of benzene rings is 2. The van der Waals surface area contributed by atoms with E-state index in [2.05, 4.69) is 28.0 Å². The number of halogens is 1. The quantitative estimate of drug-likeness (QED) is 0.224. The molecule has 1 aliphatic heterocycles. The second-order valence-corrected chi connectivity index (χ2v) is 12.7. The van der Waals surface area contributed by atoms with Crippen LogP contribution < -0.4 is 9.64 Å². The lowest BCUT2D eigenvalue weighted by Gasteiger charge is -2.43. The summed E-state index contributed by atoms with van der Waals surface area (Å²) in [4.78, 5) is 15.5. The summed E-state index contributed by atoms with van der Waals surface area (Å²) in [7, 11) is 0.185. The van der Waals surface area contributed by atoms with E-state index < -0.39 is 16.5 Å². The van der Waals surface area contributed by atoms with E-state index in [-0.39, 0.29) is 12.0 Å². The number of methoxy groups -OCH3 is 1. The summed E-state index contributed by atoms with van der Waals surface area (Å²) in [6.07, 6.45) is 7.84. The average Bonchev–Trinajstić information content (AvgIpc) is 2.96.